The Morgan fingerprint density at radius 1 is 1.07 bits per heavy atom. The number of amides is 1. The van der Waals surface area contributed by atoms with Crippen LogP contribution in [0.15, 0.2) is 42.5 Å². The zero-order valence-corrected chi connectivity index (χ0v) is 17.2. The average Bonchev–Trinajstić information content (AvgIpc) is 2.57. The largest absolute Gasteiger partial charge is 0.324 e. The molecule has 0 aliphatic heterocycles. The summed E-state index contributed by atoms with van der Waals surface area (Å²) in [6.07, 6.45) is 0.996. The molecule has 1 amide bonds. The predicted octanol–water partition coefficient (Wildman–Crippen LogP) is 3.99. The Bertz CT molecular complexity index is 993. The number of sulfonamides is 1. The van der Waals surface area contributed by atoms with Crippen LogP contribution in [0.5, 0.6) is 0 Å². The molecule has 1 atom stereocenters. The lowest BCUT2D eigenvalue weighted by molar-refractivity contribution is -0.116. The van der Waals surface area contributed by atoms with E-state index in [1.165, 1.54) is 38.1 Å². The van der Waals surface area contributed by atoms with E-state index in [2.05, 4.69) is 5.32 Å². The molecule has 0 heterocycles. The number of hydrogen-bond donors (Lipinski definition) is 1. The normalized spacial score (nSPS) is 12.3. The van der Waals surface area contributed by atoms with Crippen molar-refractivity contribution in [2.24, 2.45) is 0 Å². The Labute approximate surface area is 168 Å². The van der Waals surface area contributed by atoms with E-state index in [4.69, 9.17) is 23.2 Å². The first-order valence-electron chi connectivity index (χ1n) is 7.87. The van der Waals surface area contributed by atoms with Gasteiger partial charge in [-0.2, -0.15) is 0 Å². The number of anilines is 2. The zero-order chi connectivity index (χ0) is 20.4. The van der Waals surface area contributed by atoms with Crippen LogP contribution in [0, 0.1) is 0 Å². The molecule has 1 N–H and O–H groups in total. The Morgan fingerprint density at radius 3 is 2.30 bits per heavy atom. The van der Waals surface area contributed by atoms with Gasteiger partial charge in [0.2, 0.25) is 15.9 Å². The van der Waals surface area contributed by atoms with E-state index < -0.39 is 22.0 Å². The quantitative estimate of drug-likeness (QED) is 0.704. The summed E-state index contributed by atoms with van der Waals surface area (Å²) in [6.45, 7) is 2.87. The highest BCUT2D eigenvalue weighted by atomic mass is 35.5. The summed E-state index contributed by atoms with van der Waals surface area (Å²) in [5, 5.41) is 3.07. The second kappa shape index (κ2) is 8.29. The van der Waals surface area contributed by atoms with Gasteiger partial charge >= 0.3 is 0 Å². The van der Waals surface area contributed by atoms with E-state index in [9.17, 15) is 18.0 Å². The van der Waals surface area contributed by atoms with Crippen LogP contribution in [0.1, 0.15) is 24.2 Å². The molecule has 2 aromatic rings. The van der Waals surface area contributed by atoms with Crippen LogP contribution in [0.3, 0.4) is 0 Å². The van der Waals surface area contributed by atoms with Crippen LogP contribution in [0.4, 0.5) is 11.4 Å². The maximum absolute atomic E-state index is 12.6. The van der Waals surface area contributed by atoms with Crippen molar-refractivity contribution in [3.8, 4) is 0 Å². The Morgan fingerprint density at radius 2 is 1.74 bits per heavy atom. The van der Waals surface area contributed by atoms with Gasteiger partial charge in [0.1, 0.15) is 6.04 Å². The molecule has 9 heteroatoms. The molecule has 0 aromatic heterocycles. The second-order valence-electron chi connectivity index (χ2n) is 5.96. The minimum Gasteiger partial charge on any atom is -0.324 e. The van der Waals surface area contributed by atoms with Crippen molar-refractivity contribution in [2.45, 2.75) is 19.9 Å². The minimum atomic E-state index is -3.79. The summed E-state index contributed by atoms with van der Waals surface area (Å²) in [6, 6.07) is 9.62. The summed E-state index contributed by atoms with van der Waals surface area (Å²) in [7, 11) is -3.79. The van der Waals surface area contributed by atoms with Gasteiger partial charge in [0, 0.05) is 11.3 Å². The van der Waals surface area contributed by atoms with Crippen molar-refractivity contribution >= 4 is 56.3 Å². The fraction of sp³-hybridized carbons (Fsp3) is 0.222. The van der Waals surface area contributed by atoms with Gasteiger partial charge in [-0.25, -0.2) is 8.42 Å². The molecule has 0 aliphatic carbocycles. The lowest BCUT2D eigenvalue weighted by atomic mass is 10.1. The molecule has 0 bridgehead atoms. The van der Waals surface area contributed by atoms with Crippen molar-refractivity contribution in [1.29, 1.82) is 0 Å². The number of Topliss-reactive ketones (excluding diaryl/α,β-unsaturated/α-hetero) is 1. The predicted molar refractivity (Wildman–Crippen MR) is 108 cm³/mol. The highest BCUT2D eigenvalue weighted by Gasteiger charge is 2.29. The van der Waals surface area contributed by atoms with Gasteiger partial charge in [0.15, 0.2) is 5.78 Å². The molecule has 0 aliphatic rings. The van der Waals surface area contributed by atoms with Crippen LogP contribution in [0.2, 0.25) is 10.0 Å². The van der Waals surface area contributed by atoms with Gasteiger partial charge < -0.3 is 5.32 Å². The molecule has 144 valence electrons. The van der Waals surface area contributed by atoms with Crippen LogP contribution in [-0.4, -0.2) is 32.4 Å². The van der Waals surface area contributed by atoms with Crippen molar-refractivity contribution in [2.75, 3.05) is 15.9 Å². The number of rotatable bonds is 6. The van der Waals surface area contributed by atoms with Crippen molar-refractivity contribution < 1.29 is 18.0 Å². The van der Waals surface area contributed by atoms with E-state index in [-0.39, 0.29) is 21.5 Å². The fourth-order valence-corrected chi connectivity index (χ4v) is 3.95. The topological polar surface area (TPSA) is 83.6 Å². The number of carbonyl (C=O) groups is 2. The van der Waals surface area contributed by atoms with Gasteiger partial charge in [-0.15, -0.1) is 0 Å². The summed E-state index contributed by atoms with van der Waals surface area (Å²) < 4.78 is 25.5. The molecule has 2 aromatic carbocycles. The van der Waals surface area contributed by atoms with Crippen molar-refractivity contribution in [3.63, 3.8) is 0 Å². The maximum atomic E-state index is 12.6. The summed E-state index contributed by atoms with van der Waals surface area (Å²) in [5.41, 5.74) is 1.04. The van der Waals surface area contributed by atoms with E-state index in [0.29, 0.717) is 11.3 Å². The number of nitrogens with zero attached hydrogens (tertiary/aromatic N) is 1. The third kappa shape index (κ3) is 5.22. The number of carbonyl (C=O) groups excluding carboxylic acids is 2. The first-order valence-corrected chi connectivity index (χ1v) is 10.5. The number of nitrogens with one attached hydrogen (secondary N) is 1. The zero-order valence-electron chi connectivity index (χ0n) is 14.9. The molecule has 0 unspecified atom stereocenters. The first kappa shape index (κ1) is 21.2. The Kier molecular flexibility index (Phi) is 6.51. The monoisotopic (exact) mass is 428 g/mol. The first-order chi connectivity index (χ1) is 12.5. The Hall–Kier alpha value is -2.09. The molecule has 0 saturated heterocycles. The van der Waals surface area contributed by atoms with E-state index in [1.807, 2.05) is 0 Å². The van der Waals surface area contributed by atoms with Crippen molar-refractivity contribution in [1.82, 2.24) is 0 Å². The smallest absolute Gasteiger partial charge is 0.247 e. The van der Waals surface area contributed by atoms with Crippen molar-refractivity contribution in [3.05, 3.63) is 58.1 Å². The Balaban J connectivity index is 2.33. The second-order valence-corrected chi connectivity index (χ2v) is 8.63. The standard InChI is InChI=1S/C18H18Cl2N2O4S/c1-11(18(24)21-14-6-4-5-13(9-14)12(2)23)22(27(3,25)26)15-7-8-16(19)17(20)10-15/h4-11H,1-3H3,(H,21,24)/t11-/m1/s1. The highest BCUT2D eigenvalue weighted by molar-refractivity contribution is 7.92. The molecule has 2 rings (SSSR count). The molecular weight excluding hydrogens is 411 g/mol. The molecule has 0 fully saturated rings. The third-order valence-electron chi connectivity index (χ3n) is 3.78. The van der Waals surface area contributed by atoms with E-state index >= 15 is 0 Å². The van der Waals surface area contributed by atoms with Crippen LogP contribution in [0.25, 0.3) is 0 Å². The SMILES string of the molecule is CC(=O)c1cccc(NC(=O)[C@@H](C)N(c2ccc(Cl)c(Cl)c2)S(C)(=O)=O)c1. The minimum absolute atomic E-state index is 0.146. The van der Waals surface area contributed by atoms with Gasteiger partial charge in [-0.05, 0) is 44.2 Å². The number of halogens is 2. The number of benzene rings is 2. The lowest BCUT2D eigenvalue weighted by Crippen LogP contribution is -2.45. The summed E-state index contributed by atoms with van der Waals surface area (Å²) in [5.74, 6) is -0.708. The maximum Gasteiger partial charge on any atom is 0.247 e. The highest BCUT2D eigenvalue weighted by Crippen LogP contribution is 2.30. The average molecular weight is 429 g/mol. The molecule has 0 saturated carbocycles. The van der Waals surface area contributed by atoms with Gasteiger partial charge in [-0.3, -0.25) is 13.9 Å². The molecule has 6 nitrogen and oxygen atoms in total. The molecule has 0 radical (unpaired) electrons. The van der Waals surface area contributed by atoms with E-state index in [1.54, 1.807) is 18.2 Å². The molecular formula is C18H18Cl2N2O4S. The summed E-state index contributed by atoms with van der Waals surface area (Å²) in [4.78, 5) is 24.1. The number of hydrogen-bond acceptors (Lipinski definition) is 4. The molecule has 0 spiro atoms. The molecule has 27 heavy (non-hydrogen) atoms. The number of ketones is 1. The van der Waals surface area contributed by atoms with Gasteiger partial charge in [-0.1, -0.05) is 35.3 Å². The third-order valence-corrected chi connectivity index (χ3v) is 5.76. The van der Waals surface area contributed by atoms with Gasteiger partial charge in [0.25, 0.3) is 0 Å². The van der Waals surface area contributed by atoms with Gasteiger partial charge in [0.05, 0.1) is 22.0 Å². The van der Waals surface area contributed by atoms with Crippen LogP contribution >= 0.6 is 23.2 Å². The lowest BCUT2D eigenvalue weighted by Gasteiger charge is -2.28. The van der Waals surface area contributed by atoms with Crippen LogP contribution in [-0.2, 0) is 14.8 Å². The van der Waals surface area contributed by atoms with Crippen LogP contribution < -0.4 is 9.62 Å². The van der Waals surface area contributed by atoms with E-state index in [0.717, 1.165) is 10.6 Å². The fourth-order valence-electron chi connectivity index (χ4n) is 2.49. The summed E-state index contributed by atoms with van der Waals surface area (Å²) >= 11 is 11.9.